The van der Waals surface area contributed by atoms with Gasteiger partial charge in [0.05, 0.1) is 0 Å². The number of hydrogen-bond donors (Lipinski definition) is 1. The molecule has 132 valence electrons. The van der Waals surface area contributed by atoms with E-state index in [1.807, 2.05) is 53.9 Å². The normalized spacial score (nSPS) is 10.5. The summed E-state index contributed by atoms with van der Waals surface area (Å²) in [4.78, 5) is 24.3. The molecule has 0 aliphatic carbocycles. The lowest BCUT2D eigenvalue weighted by atomic mass is 10.0. The van der Waals surface area contributed by atoms with Crippen molar-refractivity contribution in [1.29, 1.82) is 0 Å². The molecule has 0 unspecified atom stereocenters. The lowest BCUT2D eigenvalue weighted by Crippen LogP contribution is -2.13. The summed E-state index contributed by atoms with van der Waals surface area (Å²) < 4.78 is 3.83. The summed E-state index contributed by atoms with van der Waals surface area (Å²) in [7, 11) is 0. The van der Waals surface area contributed by atoms with Gasteiger partial charge in [0, 0.05) is 35.0 Å². The number of ketones is 1. The van der Waals surface area contributed by atoms with Crippen molar-refractivity contribution in [2.75, 3.05) is 5.32 Å². The van der Waals surface area contributed by atoms with E-state index in [9.17, 15) is 9.59 Å². The van der Waals surface area contributed by atoms with Crippen LogP contribution in [0.4, 0.5) is 5.69 Å². The molecule has 5 nitrogen and oxygen atoms in total. The highest BCUT2D eigenvalue weighted by atomic mass is 32.1. The molecule has 0 atom stereocenters. The van der Waals surface area contributed by atoms with Gasteiger partial charge in [0.25, 0.3) is 0 Å². The monoisotopic (exact) mass is 365 g/mol. The van der Waals surface area contributed by atoms with Gasteiger partial charge in [0.15, 0.2) is 5.78 Å². The average molecular weight is 365 g/mol. The van der Waals surface area contributed by atoms with Crippen LogP contribution >= 0.6 is 11.5 Å². The molecular weight excluding hydrogens is 346 g/mol. The second-order valence-corrected chi connectivity index (χ2v) is 6.50. The summed E-state index contributed by atoms with van der Waals surface area (Å²) in [5.74, 6) is -0.194. The average Bonchev–Trinajstić information content (AvgIpc) is 3.21. The second-order valence-electron chi connectivity index (χ2n) is 5.89. The minimum Gasteiger partial charge on any atom is -0.326 e. The number of carbonyl (C=O) groups excluding carboxylic acids is 2. The summed E-state index contributed by atoms with van der Waals surface area (Å²) >= 11 is 1.30. The fourth-order valence-corrected chi connectivity index (χ4v) is 3.00. The van der Waals surface area contributed by atoms with Crippen molar-refractivity contribution in [2.24, 2.45) is 0 Å². The number of anilines is 1. The molecule has 0 aliphatic heterocycles. The van der Waals surface area contributed by atoms with Gasteiger partial charge in [-0.3, -0.25) is 9.59 Å². The number of amides is 1. The Morgan fingerprint density at radius 2 is 1.73 bits per heavy atom. The number of nitrogens with zero attached hydrogens (tertiary/aromatic N) is 2. The van der Waals surface area contributed by atoms with Crippen LogP contribution in [0.3, 0.4) is 0 Å². The number of benzene rings is 2. The van der Waals surface area contributed by atoms with Crippen molar-refractivity contribution in [3.63, 3.8) is 0 Å². The van der Waals surface area contributed by atoms with Gasteiger partial charge in [0.1, 0.15) is 5.69 Å². The van der Waals surface area contributed by atoms with Gasteiger partial charge < -0.3 is 5.32 Å². The molecule has 0 spiro atoms. The second kappa shape index (κ2) is 8.49. The molecule has 1 N–H and O–H groups in total. The molecule has 1 heterocycles. The molecule has 3 aromatic rings. The highest BCUT2D eigenvalue weighted by Crippen LogP contribution is 2.20. The zero-order valence-electron chi connectivity index (χ0n) is 14.4. The van der Waals surface area contributed by atoms with Crippen molar-refractivity contribution in [2.45, 2.75) is 26.2 Å². The van der Waals surface area contributed by atoms with Gasteiger partial charge in [0.2, 0.25) is 5.91 Å². The maximum atomic E-state index is 12.2. The van der Waals surface area contributed by atoms with E-state index in [0.717, 1.165) is 17.7 Å². The first-order chi connectivity index (χ1) is 12.7. The zero-order chi connectivity index (χ0) is 18.4. The molecule has 3 rings (SSSR count). The van der Waals surface area contributed by atoms with Crippen LogP contribution in [0.2, 0.25) is 0 Å². The van der Waals surface area contributed by atoms with Gasteiger partial charge in [-0.1, -0.05) is 47.8 Å². The molecular formula is C20H19N3O2S. The number of hydrogen-bond acceptors (Lipinski definition) is 5. The largest absolute Gasteiger partial charge is 0.326 e. The Hall–Kier alpha value is -2.86. The molecule has 0 fully saturated rings. The van der Waals surface area contributed by atoms with Crippen molar-refractivity contribution < 1.29 is 9.59 Å². The number of carbonyl (C=O) groups is 2. The van der Waals surface area contributed by atoms with E-state index in [1.165, 1.54) is 17.1 Å². The Morgan fingerprint density at radius 1 is 1.00 bits per heavy atom. The third kappa shape index (κ3) is 4.61. The van der Waals surface area contributed by atoms with Crippen LogP contribution < -0.4 is 5.32 Å². The highest BCUT2D eigenvalue weighted by Gasteiger charge is 2.10. The minimum absolute atomic E-state index is 0.0193. The van der Waals surface area contributed by atoms with Crippen LogP contribution in [-0.2, 0) is 11.2 Å². The van der Waals surface area contributed by atoms with E-state index in [4.69, 9.17) is 0 Å². The molecule has 0 saturated carbocycles. The Morgan fingerprint density at radius 3 is 2.35 bits per heavy atom. The number of aromatic nitrogens is 2. The molecule has 6 heteroatoms. The van der Waals surface area contributed by atoms with E-state index in [-0.39, 0.29) is 24.5 Å². The number of nitrogens with one attached hydrogen (secondary N) is 1. The first-order valence-corrected chi connectivity index (χ1v) is 9.29. The number of Topliss-reactive ketones (excluding diaryl/α,β-unsaturated/α-hetero) is 1. The molecule has 2 aromatic carbocycles. The van der Waals surface area contributed by atoms with E-state index in [2.05, 4.69) is 21.8 Å². The van der Waals surface area contributed by atoms with Crippen LogP contribution in [0, 0.1) is 0 Å². The van der Waals surface area contributed by atoms with E-state index in [0.29, 0.717) is 11.3 Å². The third-order valence-electron chi connectivity index (χ3n) is 4.09. The van der Waals surface area contributed by atoms with Gasteiger partial charge in [-0.05, 0) is 35.6 Å². The Kier molecular flexibility index (Phi) is 5.86. The first-order valence-electron chi connectivity index (χ1n) is 8.45. The quantitative estimate of drug-likeness (QED) is 0.631. The molecule has 0 bridgehead atoms. The molecule has 0 radical (unpaired) electrons. The summed E-state index contributed by atoms with van der Waals surface area (Å²) in [5, 5.41) is 8.69. The standard InChI is InChI=1S/C20H19N3O2S/c1-2-14-3-5-16(6-4-14)19(24)11-12-20(25)21-17-9-7-15(8-10-17)18-13-26-23-22-18/h3-10,13H,2,11-12H2,1H3,(H,21,25). The van der Waals surface area contributed by atoms with E-state index < -0.39 is 0 Å². The Balaban J connectivity index is 1.51. The van der Waals surface area contributed by atoms with Crippen LogP contribution in [-0.4, -0.2) is 21.3 Å². The molecule has 1 aromatic heterocycles. The smallest absolute Gasteiger partial charge is 0.224 e. The Bertz CT molecular complexity index is 872. The van der Waals surface area contributed by atoms with E-state index >= 15 is 0 Å². The van der Waals surface area contributed by atoms with Crippen LogP contribution in [0.25, 0.3) is 11.3 Å². The van der Waals surface area contributed by atoms with Gasteiger partial charge in [-0.2, -0.15) is 0 Å². The molecule has 0 aliphatic rings. The van der Waals surface area contributed by atoms with Crippen LogP contribution in [0.5, 0.6) is 0 Å². The zero-order valence-corrected chi connectivity index (χ0v) is 15.3. The topological polar surface area (TPSA) is 72.0 Å². The van der Waals surface area contributed by atoms with Crippen molar-refractivity contribution >= 4 is 28.9 Å². The lowest BCUT2D eigenvalue weighted by Gasteiger charge is -2.06. The third-order valence-corrected chi connectivity index (χ3v) is 4.59. The number of rotatable bonds is 7. The van der Waals surface area contributed by atoms with Crippen LogP contribution in [0.15, 0.2) is 53.9 Å². The summed E-state index contributed by atoms with van der Waals surface area (Å²) in [6, 6.07) is 14.9. The molecule has 1 amide bonds. The molecule has 0 saturated heterocycles. The van der Waals surface area contributed by atoms with Crippen molar-refractivity contribution in [3.05, 3.63) is 65.0 Å². The molecule has 26 heavy (non-hydrogen) atoms. The maximum Gasteiger partial charge on any atom is 0.224 e. The summed E-state index contributed by atoms with van der Waals surface area (Å²) in [6.07, 6.45) is 1.29. The highest BCUT2D eigenvalue weighted by molar-refractivity contribution is 7.03. The van der Waals surface area contributed by atoms with Crippen LogP contribution in [0.1, 0.15) is 35.7 Å². The van der Waals surface area contributed by atoms with Crippen molar-refractivity contribution in [3.8, 4) is 11.3 Å². The van der Waals surface area contributed by atoms with Gasteiger partial charge in [-0.15, -0.1) is 5.10 Å². The Labute approximate surface area is 156 Å². The first kappa shape index (κ1) is 17.9. The fourth-order valence-electron chi connectivity index (χ4n) is 2.54. The summed E-state index contributed by atoms with van der Waals surface area (Å²) in [6.45, 7) is 2.07. The minimum atomic E-state index is -0.174. The SMILES string of the molecule is CCc1ccc(C(=O)CCC(=O)Nc2ccc(-c3csnn3)cc2)cc1. The van der Waals surface area contributed by atoms with E-state index in [1.54, 1.807) is 0 Å². The lowest BCUT2D eigenvalue weighted by molar-refractivity contribution is -0.116. The fraction of sp³-hybridized carbons (Fsp3) is 0.200. The predicted molar refractivity (Wildman–Crippen MR) is 103 cm³/mol. The predicted octanol–water partition coefficient (Wildman–Crippen LogP) is 4.37. The van der Waals surface area contributed by atoms with Gasteiger partial charge >= 0.3 is 0 Å². The summed E-state index contributed by atoms with van der Waals surface area (Å²) in [5.41, 5.74) is 4.30. The van der Waals surface area contributed by atoms with Crippen molar-refractivity contribution in [1.82, 2.24) is 9.59 Å². The number of aryl methyl sites for hydroxylation is 1. The maximum absolute atomic E-state index is 12.2. The van der Waals surface area contributed by atoms with Gasteiger partial charge in [-0.25, -0.2) is 0 Å².